The predicted octanol–water partition coefficient (Wildman–Crippen LogP) is 1.36. The highest BCUT2D eigenvalue weighted by atomic mass is 19.1. The molecule has 6 heteroatoms. The van der Waals surface area contributed by atoms with Crippen molar-refractivity contribution < 1.29 is 13.6 Å². The Bertz CT molecular complexity index is 418. The molecule has 0 saturated carbocycles. The van der Waals surface area contributed by atoms with Crippen molar-refractivity contribution in [1.82, 2.24) is 5.43 Å². The molecule has 1 aromatic rings. The molecule has 0 aliphatic rings. The molecule has 15 heavy (non-hydrogen) atoms. The Morgan fingerprint density at radius 2 is 2.13 bits per heavy atom. The van der Waals surface area contributed by atoms with Gasteiger partial charge >= 0.3 is 6.03 Å². The number of hydrazone groups is 1. The van der Waals surface area contributed by atoms with Gasteiger partial charge < -0.3 is 5.73 Å². The van der Waals surface area contributed by atoms with Crippen molar-refractivity contribution in [3.05, 3.63) is 35.4 Å². The second-order valence-corrected chi connectivity index (χ2v) is 2.80. The zero-order chi connectivity index (χ0) is 11.4. The van der Waals surface area contributed by atoms with Crippen LogP contribution < -0.4 is 11.2 Å². The van der Waals surface area contributed by atoms with Crippen molar-refractivity contribution >= 4 is 11.7 Å². The fourth-order valence-corrected chi connectivity index (χ4v) is 0.974. The van der Waals surface area contributed by atoms with E-state index in [0.29, 0.717) is 0 Å². The van der Waals surface area contributed by atoms with E-state index >= 15 is 0 Å². The molecule has 0 bridgehead atoms. The molecule has 2 amide bonds. The third kappa shape index (κ3) is 3.01. The lowest BCUT2D eigenvalue weighted by Crippen LogP contribution is -2.25. The lowest BCUT2D eigenvalue weighted by molar-refractivity contribution is 0.249. The van der Waals surface area contributed by atoms with Crippen molar-refractivity contribution in [1.29, 1.82) is 0 Å². The molecule has 0 atom stereocenters. The highest BCUT2D eigenvalue weighted by molar-refractivity contribution is 5.99. The van der Waals surface area contributed by atoms with Gasteiger partial charge in [0.15, 0.2) is 0 Å². The van der Waals surface area contributed by atoms with Crippen molar-refractivity contribution in [2.75, 3.05) is 0 Å². The first-order valence-corrected chi connectivity index (χ1v) is 4.06. The lowest BCUT2D eigenvalue weighted by atomic mass is 10.1. The Labute approximate surface area is 84.8 Å². The zero-order valence-electron chi connectivity index (χ0n) is 7.92. The van der Waals surface area contributed by atoms with Crippen LogP contribution in [0.4, 0.5) is 13.6 Å². The average Bonchev–Trinajstić information content (AvgIpc) is 2.18. The average molecular weight is 213 g/mol. The van der Waals surface area contributed by atoms with Crippen LogP contribution in [0.2, 0.25) is 0 Å². The Morgan fingerprint density at radius 1 is 1.47 bits per heavy atom. The molecular weight excluding hydrogens is 204 g/mol. The summed E-state index contributed by atoms with van der Waals surface area (Å²) in [4.78, 5) is 10.3. The minimum absolute atomic E-state index is 0.0243. The molecule has 1 aromatic carbocycles. The van der Waals surface area contributed by atoms with Gasteiger partial charge in [-0.05, 0) is 25.1 Å². The van der Waals surface area contributed by atoms with Crippen LogP contribution in [-0.2, 0) is 0 Å². The minimum atomic E-state index is -0.869. The lowest BCUT2D eigenvalue weighted by Gasteiger charge is -2.02. The first-order chi connectivity index (χ1) is 7.00. The van der Waals surface area contributed by atoms with Crippen LogP contribution >= 0.6 is 0 Å². The number of urea groups is 1. The molecule has 0 aliphatic carbocycles. The number of carbonyl (C=O) groups is 1. The molecule has 3 N–H and O–H groups in total. The van der Waals surface area contributed by atoms with Gasteiger partial charge in [0.2, 0.25) is 0 Å². The molecule has 0 saturated heterocycles. The van der Waals surface area contributed by atoms with E-state index in [4.69, 9.17) is 5.73 Å². The van der Waals surface area contributed by atoms with E-state index in [1.54, 1.807) is 0 Å². The molecule has 0 radical (unpaired) electrons. The van der Waals surface area contributed by atoms with Gasteiger partial charge in [-0.25, -0.2) is 19.0 Å². The number of hydrogen-bond acceptors (Lipinski definition) is 2. The summed E-state index contributed by atoms with van der Waals surface area (Å²) in [6.07, 6.45) is 0. The monoisotopic (exact) mass is 213 g/mol. The smallest absolute Gasteiger partial charge is 0.332 e. The Kier molecular flexibility index (Phi) is 3.33. The quantitative estimate of drug-likeness (QED) is 0.565. The second-order valence-electron chi connectivity index (χ2n) is 2.80. The second kappa shape index (κ2) is 4.50. The number of nitrogens with one attached hydrogen (secondary N) is 1. The number of halogens is 2. The summed E-state index contributed by atoms with van der Waals surface area (Å²) in [5.41, 5.74) is 6.80. The molecule has 0 spiro atoms. The molecule has 4 nitrogen and oxygen atoms in total. The predicted molar refractivity (Wildman–Crippen MR) is 51.3 cm³/mol. The van der Waals surface area contributed by atoms with Crippen LogP contribution in [-0.4, -0.2) is 11.7 Å². The van der Waals surface area contributed by atoms with Gasteiger partial charge in [0, 0.05) is 5.56 Å². The van der Waals surface area contributed by atoms with Crippen molar-refractivity contribution in [2.45, 2.75) is 6.92 Å². The van der Waals surface area contributed by atoms with Gasteiger partial charge in [-0.3, -0.25) is 0 Å². The number of benzene rings is 1. The fraction of sp³-hybridized carbons (Fsp3) is 0.111. The normalized spacial score (nSPS) is 11.3. The van der Waals surface area contributed by atoms with E-state index in [9.17, 15) is 13.6 Å². The summed E-state index contributed by atoms with van der Waals surface area (Å²) in [7, 11) is 0. The molecule has 0 fully saturated rings. The summed E-state index contributed by atoms with van der Waals surface area (Å²) < 4.78 is 25.9. The Morgan fingerprint density at radius 3 is 2.73 bits per heavy atom. The Balaban J connectivity index is 2.99. The van der Waals surface area contributed by atoms with Gasteiger partial charge in [0.05, 0.1) is 5.71 Å². The summed E-state index contributed by atoms with van der Waals surface area (Å²) >= 11 is 0. The van der Waals surface area contributed by atoms with E-state index in [1.165, 1.54) is 6.92 Å². The van der Waals surface area contributed by atoms with Crippen LogP contribution in [0.3, 0.4) is 0 Å². The van der Waals surface area contributed by atoms with Crippen LogP contribution in [0.1, 0.15) is 12.5 Å². The number of carbonyl (C=O) groups excluding carboxylic acids is 1. The maximum Gasteiger partial charge on any atom is 0.332 e. The van der Waals surface area contributed by atoms with Crippen LogP contribution in [0.15, 0.2) is 23.3 Å². The van der Waals surface area contributed by atoms with E-state index < -0.39 is 17.7 Å². The number of primary amides is 1. The summed E-state index contributed by atoms with van der Waals surface area (Å²) in [5, 5.41) is 3.48. The summed E-state index contributed by atoms with van der Waals surface area (Å²) in [6.45, 7) is 1.42. The molecule has 0 unspecified atom stereocenters. The Hall–Kier alpha value is -1.98. The summed E-state index contributed by atoms with van der Waals surface area (Å²) in [6, 6.07) is 2.09. The third-order valence-electron chi connectivity index (χ3n) is 1.65. The molecule has 1 rings (SSSR count). The first kappa shape index (κ1) is 11.1. The zero-order valence-corrected chi connectivity index (χ0v) is 7.92. The largest absolute Gasteiger partial charge is 0.350 e. The van der Waals surface area contributed by atoms with Gasteiger partial charge in [0.25, 0.3) is 0 Å². The van der Waals surface area contributed by atoms with Crippen molar-refractivity contribution in [3.63, 3.8) is 0 Å². The highest BCUT2D eigenvalue weighted by Crippen LogP contribution is 2.10. The van der Waals surface area contributed by atoms with E-state index in [-0.39, 0.29) is 11.3 Å². The van der Waals surface area contributed by atoms with Crippen molar-refractivity contribution in [3.8, 4) is 0 Å². The SMILES string of the molecule is C/C(=N/NC(N)=O)c1cc(F)ccc1F. The first-order valence-electron chi connectivity index (χ1n) is 4.06. The van der Waals surface area contributed by atoms with E-state index in [0.717, 1.165) is 18.2 Å². The molecule has 80 valence electrons. The van der Waals surface area contributed by atoms with Gasteiger partial charge in [-0.15, -0.1) is 0 Å². The molecule has 0 aliphatic heterocycles. The number of amides is 2. The third-order valence-corrected chi connectivity index (χ3v) is 1.65. The highest BCUT2D eigenvalue weighted by Gasteiger charge is 2.06. The summed E-state index contributed by atoms with van der Waals surface area (Å²) in [5.74, 6) is -1.20. The van der Waals surface area contributed by atoms with Gasteiger partial charge in [-0.1, -0.05) is 0 Å². The number of nitrogens with two attached hydrogens (primary N) is 1. The van der Waals surface area contributed by atoms with Crippen LogP contribution in [0.25, 0.3) is 0 Å². The van der Waals surface area contributed by atoms with Crippen LogP contribution in [0, 0.1) is 11.6 Å². The van der Waals surface area contributed by atoms with E-state index in [1.807, 2.05) is 5.43 Å². The van der Waals surface area contributed by atoms with Gasteiger partial charge in [-0.2, -0.15) is 5.10 Å². The minimum Gasteiger partial charge on any atom is -0.350 e. The number of nitrogens with zero attached hydrogens (tertiary/aromatic N) is 1. The standard InChI is InChI=1S/C9H9F2N3O/c1-5(13-14-9(12)15)7-4-6(10)2-3-8(7)11/h2-4H,1H3,(H3,12,14,15)/b13-5-. The van der Waals surface area contributed by atoms with Gasteiger partial charge in [0.1, 0.15) is 11.6 Å². The maximum atomic E-state index is 13.2. The number of hydrogen-bond donors (Lipinski definition) is 2. The topological polar surface area (TPSA) is 67.5 Å². The number of rotatable bonds is 2. The van der Waals surface area contributed by atoms with Crippen LogP contribution in [0.5, 0.6) is 0 Å². The maximum absolute atomic E-state index is 13.2. The van der Waals surface area contributed by atoms with E-state index in [2.05, 4.69) is 5.10 Å². The molecule has 0 heterocycles. The molecule has 0 aromatic heterocycles. The fourth-order valence-electron chi connectivity index (χ4n) is 0.974. The molecular formula is C9H9F2N3O. The van der Waals surface area contributed by atoms with Crippen molar-refractivity contribution in [2.24, 2.45) is 10.8 Å².